The van der Waals surface area contributed by atoms with Crippen LogP contribution in [0.5, 0.6) is 0 Å². The van der Waals surface area contributed by atoms with Crippen molar-refractivity contribution in [2.45, 2.75) is 109 Å². The van der Waals surface area contributed by atoms with Gasteiger partial charge in [-0.05, 0) is 75.9 Å². The van der Waals surface area contributed by atoms with Gasteiger partial charge in [0.25, 0.3) is 0 Å². The largest absolute Gasteiger partial charge is 0.460 e. The molecular formula is C28H43FN2O5Si. The van der Waals surface area contributed by atoms with E-state index in [0.717, 1.165) is 0 Å². The number of nitrogens with one attached hydrogen (secondary N) is 1. The summed E-state index contributed by atoms with van der Waals surface area (Å²) in [5.74, 6) is -1.87. The second-order valence-corrected chi connectivity index (χ2v) is 17.7. The highest BCUT2D eigenvalue weighted by Crippen LogP contribution is 2.44. The van der Waals surface area contributed by atoms with Crippen molar-refractivity contribution in [3.8, 4) is 0 Å². The summed E-state index contributed by atoms with van der Waals surface area (Å²) in [6.45, 7) is 17.5. The van der Waals surface area contributed by atoms with Crippen LogP contribution in [0.15, 0.2) is 18.2 Å². The Balaban J connectivity index is 1.78. The van der Waals surface area contributed by atoms with Gasteiger partial charge in [-0.15, -0.1) is 0 Å². The molecule has 1 aromatic carbocycles. The summed E-state index contributed by atoms with van der Waals surface area (Å²) in [6, 6.07) is 4.89. The number of benzene rings is 1. The van der Waals surface area contributed by atoms with Crippen molar-refractivity contribution in [3.05, 3.63) is 29.6 Å². The van der Waals surface area contributed by atoms with Crippen molar-refractivity contribution in [2.75, 3.05) is 18.0 Å². The van der Waals surface area contributed by atoms with E-state index >= 15 is 4.39 Å². The van der Waals surface area contributed by atoms with Gasteiger partial charge in [-0.3, -0.25) is 19.7 Å². The number of anilines is 1. The van der Waals surface area contributed by atoms with Crippen LogP contribution in [-0.4, -0.2) is 50.4 Å². The molecule has 1 N–H and O–H groups in total. The fraction of sp³-hybridized carbons (Fsp3) is 0.679. The number of hydrogen-bond acceptors (Lipinski definition) is 6. The minimum Gasteiger partial charge on any atom is -0.460 e. The predicted octanol–water partition coefficient (Wildman–Crippen LogP) is 5.44. The monoisotopic (exact) mass is 534 g/mol. The lowest BCUT2D eigenvalue weighted by Crippen LogP contribution is -2.55. The Hall–Kier alpha value is -2.26. The summed E-state index contributed by atoms with van der Waals surface area (Å²) in [6.07, 6.45) is 1.95. The van der Waals surface area contributed by atoms with E-state index in [4.69, 9.17) is 9.16 Å². The molecule has 2 heterocycles. The van der Waals surface area contributed by atoms with E-state index < -0.39 is 31.3 Å². The van der Waals surface area contributed by atoms with Crippen LogP contribution in [0.25, 0.3) is 0 Å². The SMILES string of the molecule is CC(C)(C)OC(=O)CC1(O[Si](C)(C)C(C)(C)C)CCN(c2ccc(C3CCC(=O)NC3=O)cc2F)CC1. The first-order valence-electron chi connectivity index (χ1n) is 13.2. The molecule has 9 heteroatoms. The van der Waals surface area contributed by atoms with Gasteiger partial charge in [0, 0.05) is 19.5 Å². The number of rotatable bonds is 6. The number of piperidine rings is 2. The van der Waals surface area contributed by atoms with Crippen molar-refractivity contribution >= 4 is 31.8 Å². The van der Waals surface area contributed by atoms with Crippen LogP contribution in [0.3, 0.4) is 0 Å². The van der Waals surface area contributed by atoms with Crippen molar-refractivity contribution in [1.29, 1.82) is 0 Å². The molecule has 3 rings (SSSR count). The third-order valence-corrected chi connectivity index (χ3v) is 12.3. The lowest BCUT2D eigenvalue weighted by molar-refractivity contribution is -0.160. The number of nitrogens with zero attached hydrogens (tertiary/aromatic N) is 1. The Bertz CT molecular complexity index is 1040. The van der Waals surface area contributed by atoms with E-state index in [0.29, 0.717) is 43.6 Å². The Labute approximate surface area is 221 Å². The maximum atomic E-state index is 15.3. The molecule has 2 aliphatic rings. The zero-order chi connectivity index (χ0) is 27.8. The van der Waals surface area contributed by atoms with Crippen LogP contribution in [0.2, 0.25) is 18.1 Å². The Morgan fingerprint density at radius 1 is 1.14 bits per heavy atom. The standard InChI is InChI=1S/C28H43FN2O5Si/c1-26(2,3)35-24(33)18-28(36-37(7,8)27(4,5)6)13-15-31(16-14-28)22-11-9-19(17-21(22)29)20-10-12-23(32)30-25(20)34/h9,11,17,20H,10,12-16,18H2,1-8H3,(H,30,32,34). The zero-order valence-corrected chi connectivity index (χ0v) is 24.6. The highest BCUT2D eigenvalue weighted by molar-refractivity contribution is 6.74. The minimum absolute atomic E-state index is 0.0248. The van der Waals surface area contributed by atoms with Gasteiger partial charge in [-0.25, -0.2) is 4.39 Å². The molecule has 2 aliphatic heterocycles. The molecule has 0 bridgehead atoms. The number of amides is 2. The Morgan fingerprint density at radius 3 is 2.27 bits per heavy atom. The van der Waals surface area contributed by atoms with Crippen molar-refractivity contribution in [1.82, 2.24) is 5.32 Å². The molecular weight excluding hydrogens is 491 g/mol. The molecule has 2 fully saturated rings. The average Bonchev–Trinajstić information content (AvgIpc) is 2.72. The molecule has 1 unspecified atom stereocenters. The summed E-state index contributed by atoms with van der Waals surface area (Å²) in [4.78, 5) is 38.6. The normalized spacial score (nSPS) is 21.0. The molecule has 0 aromatic heterocycles. The number of carbonyl (C=O) groups is 3. The fourth-order valence-electron chi connectivity index (χ4n) is 4.81. The first kappa shape index (κ1) is 29.3. The van der Waals surface area contributed by atoms with Gasteiger partial charge < -0.3 is 14.1 Å². The lowest BCUT2D eigenvalue weighted by Gasteiger charge is -2.49. The summed E-state index contributed by atoms with van der Waals surface area (Å²) in [5.41, 5.74) is -0.202. The molecule has 2 amide bonds. The molecule has 0 saturated carbocycles. The van der Waals surface area contributed by atoms with E-state index in [1.807, 2.05) is 25.7 Å². The van der Waals surface area contributed by atoms with Gasteiger partial charge in [0.1, 0.15) is 11.4 Å². The maximum absolute atomic E-state index is 15.3. The molecule has 1 aromatic rings. The first-order valence-corrected chi connectivity index (χ1v) is 16.1. The second kappa shape index (κ2) is 10.5. The van der Waals surface area contributed by atoms with Crippen LogP contribution >= 0.6 is 0 Å². The van der Waals surface area contributed by atoms with Crippen molar-refractivity contribution in [3.63, 3.8) is 0 Å². The molecule has 206 valence electrons. The topological polar surface area (TPSA) is 84.9 Å². The predicted molar refractivity (Wildman–Crippen MR) is 144 cm³/mol. The summed E-state index contributed by atoms with van der Waals surface area (Å²) < 4.78 is 27.8. The van der Waals surface area contributed by atoms with E-state index in [1.165, 1.54) is 6.07 Å². The summed E-state index contributed by atoms with van der Waals surface area (Å²) in [7, 11) is -2.20. The average molecular weight is 535 g/mol. The highest BCUT2D eigenvalue weighted by atomic mass is 28.4. The number of imide groups is 1. The third kappa shape index (κ3) is 7.19. The molecule has 0 aliphatic carbocycles. The van der Waals surface area contributed by atoms with Crippen LogP contribution in [0.4, 0.5) is 10.1 Å². The summed E-state index contributed by atoms with van der Waals surface area (Å²) >= 11 is 0. The molecule has 0 spiro atoms. The second-order valence-electron chi connectivity index (χ2n) is 13.0. The molecule has 2 saturated heterocycles. The Morgan fingerprint density at radius 2 is 1.76 bits per heavy atom. The lowest BCUT2D eigenvalue weighted by atomic mass is 9.87. The van der Waals surface area contributed by atoms with Gasteiger partial charge in [0.15, 0.2) is 8.32 Å². The molecule has 0 radical (unpaired) electrons. The van der Waals surface area contributed by atoms with Crippen molar-refractivity contribution < 1.29 is 27.9 Å². The van der Waals surface area contributed by atoms with Crippen LogP contribution < -0.4 is 10.2 Å². The van der Waals surface area contributed by atoms with Crippen molar-refractivity contribution in [2.24, 2.45) is 0 Å². The highest BCUT2D eigenvalue weighted by Gasteiger charge is 2.47. The van der Waals surface area contributed by atoms with Crippen LogP contribution in [-0.2, 0) is 23.5 Å². The van der Waals surface area contributed by atoms with Gasteiger partial charge >= 0.3 is 5.97 Å². The van der Waals surface area contributed by atoms with E-state index in [9.17, 15) is 14.4 Å². The molecule has 1 atom stereocenters. The number of ether oxygens (including phenoxy) is 1. The minimum atomic E-state index is -2.20. The van der Waals surface area contributed by atoms with E-state index in [1.54, 1.807) is 12.1 Å². The number of halogens is 1. The van der Waals surface area contributed by atoms with E-state index in [-0.39, 0.29) is 35.7 Å². The Kier molecular flexibility index (Phi) is 8.30. The number of esters is 1. The smallest absolute Gasteiger partial charge is 0.309 e. The van der Waals surface area contributed by atoms with Gasteiger partial charge in [-0.2, -0.15) is 0 Å². The van der Waals surface area contributed by atoms with Gasteiger partial charge in [0.05, 0.1) is 23.6 Å². The quantitative estimate of drug-likeness (QED) is 0.297. The number of carbonyl (C=O) groups excluding carboxylic acids is 3. The van der Waals surface area contributed by atoms with Crippen LogP contribution in [0.1, 0.15) is 85.1 Å². The zero-order valence-electron chi connectivity index (χ0n) is 23.6. The van der Waals surface area contributed by atoms with Crippen LogP contribution in [0, 0.1) is 5.82 Å². The maximum Gasteiger partial charge on any atom is 0.309 e. The molecule has 7 nitrogen and oxygen atoms in total. The first-order chi connectivity index (χ1) is 16.9. The third-order valence-electron chi connectivity index (χ3n) is 7.79. The number of hydrogen-bond donors (Lipinski definition) is 1. The summed E-state index contributed by atoms with van der Waals surface area (Å²) in [5, 5.41) is 2.31. The van der Waals surface area contributed by atoms with Gasteiger partial charge in [-0.1, -0.05) is 26.8 Å². The van der Waals surface area contributed by atoms with Gasteiger partial charge in [0.2, 0.25) is 11.8 Å². The molecule has 37 heavy (non-hydrogen) atoms. The van der Waals surface area contributed by atoms with E-state index in [2.05, 4.69) is 39.2 Å². The fourth-order valence-corrected chi connectivity index (χ4v) is 6.48.